The molecule has 0 saturated heterocycles. The van der Waals surface area contributed by atoms with Gasteiger partial charge in [0.2, 0.25) is 11.8 Å². The largest absolute Gasteiger partial charge is 0.543 e. The van der Waals surface area contributed by atoms with Gasteiger partial charge in [-0.15, -0.1) is 0 Å². The van der Waals surface area contributed by atoms with E-state index in [1.807, 2.05) is 13.0 Å². The molecule has 0 spiro atoms. The summed E-state index contributed by atoms with van der Waals surface area (Å²) in [5.41, 5.74) is 1.69. The quantitative estimate of drug-likeness (QED) is 0.0966. The summed E-state index contributed by atoms with van der Waals surface area (Å²) in [6, 6.07) is 1.25. The third-order valence-corrected chi connectivity index (χ3v) is 14.1. The Morgan fingerprint density at radius 3 is 2.49 bits per heavy atom. The molecule has 3 N–H and O–H groups in total. The molecule has 1 amide bonds. The molecule has 0 aliphatic heterocycles. The first-order chi connectivity index (χ1) is 21.1. The van der Waals surface area contributed by atoms with Crippen molar-refractivity contribution in [1.29, 1.82) is 0 Å². The van der Waals surface area contributed by atoms with Gasteiger partial charge in [-0.3, -0.25) is 4.79 Å². The summed E-state index contributed by atoms with van der Waals surface area (Å²) in [5.74, 6) is 2.12. The molecule has 2 atom stereocenters. The number of aromatic nitrogens is 2. The van der Waals surface area contributed by atoms with Crippen molar-refractivity contribution in [2.75, 3.05) is 26.1 Å². The van der Waals surface area contributed by atoms with Crippen LogP contribution in [0.3, 0.4) is 0 Å². The van der Waals surface area contributed by atoms with E-state index in [2.05, 4.69) is 62.8 Å². The maximum atomic E-state index is 13.5. The topological polar surface area (TPSA) is 153 Å². The number of esters is 1. The Labute approximate surface area is 272 Å². The van der Waals surface area contributed by atoms with Crippen molar-refractivity contribution in [2.24, 2.45) is 5.92 Å². The van der Waals surface area contributed by atoms with Gasteiger partial charge in [-0.1, -0.05) is 45.5 Å². The number of nitrogens with one attached hydrogen (secondary N) is 1. The van der Waals surface area contributed by atoms with Crippen LogP contribution in [-0.2, 0) is 15.3 Å². The number of thioether (sulfide) groups is 1. The molecule has 0 fully saturated rings. The molecule has 1 aromatic heterocycles. The van der Waals surface area contributed by atoms with Crippen LogP contribution in [0.1, 0.15) is 86.2 Å². The molecule has 45 heavy (non-hydrogen) atoms. The summed E-state index contributed by atoms with van der Waals surface area (Å²) in [5, 5.41) is 25.4. The van der Waals surface area contributed by atoms with E-state index in [0.29, 0.717) is 64.3 Å². The minimum absolute atomic E-state index is 0.0544. The molecule has 0 aliphatic rings. The van der Waals surface area contributed by atoms with E-state index in [0.717, 1.165) is 0 Å². The number of nitrogens with zero attached hydrogens (tertiary/aromatic N) is 2. The van der Waals surface area contributed by atoms with Gasteiger partial charge < -0.3 is 34.0 Å². The zero-order valence-corrected chi connectivity index (χ0v) is 30.0. The van der Waals surface area contributed by atoms with Gasteiger partial charge in [0.15, 0.2) is 5.82 Å². The number of amides is 1. The summed E-state index contributed by atoms with van der Waals surface area (Å²) < 4.78 is 23.5. The number of aliphatic hydroxyl groups is 2. The van der Waals surface area contributed by atoms with Crippen LogP contribution in [0, 0.1) is 19.8 Å². The third-order valence-electron chi connectivity index (χ3n) is 8.58. The number of methoxy groups -OCH3 is 1. The van der Waals surface area contributed by atoms with Crippen LogP contribution in [0.4, 0.5) is 0 Å². The summed E-state index contributed by atoms with van der Waals surface area (Å²) in [6.07, 6.45) is 1.53. The second kappa shape index (κ2) is 17.2. The lowest BCUT2D eigenvalue weighted by Crippen LogP contribution is -2.48. The van der Waals surface area contributed by atoms with Crippen LogP contribution in [0.15, 0.2) is 23.2 Å². The number of ether oxygens (including phenoxy) is 2. The second-order valence-electron chi connectivity index (χ2n) is 12.5. The Morgan fingerprint density at radius 1 is 1.24 bits per heavy atom. The van der Waals surface area contributed by atoms with Crippen molar-refractivity contribution in [2.45, 2.75) is 96.8 Å². The van der Waals surface area contributed by atoms with Crippen molar-refractivity contribution in [1.82, 2.24) is 15.5 Å². The fourth-order valence-corrected chi connectivity index (χ4v) is 8.04. The molecule has 0 saturated carbocycles. The fourth-order valence-electron chi connectivity index (χ4n) is 4.58. The lowest BCUT2D eigenvalue weighted by atomic mass is 9.99. The molecule has 1 aromatic carbocycles. The van der Waals surface area contributed by atoms with E-state index in [1.165, 1.54) is 17.8 Å². The Bertz CT molecular complexity index is 1300. The Hall–Kier alpha value is -2.87. The van der Waals surface area contributed by atoms with Crippen molar-refractivity contribution in [3.8, 4) is 11.5 Å². The number of hydrogen-bond donors (Lipinski definition) is 3. The SMILES string of the molecule is C=CCOC(=O)c1c(C)c(OC)cc(O[Si](C)(C)C(C)(C)C(C)C)c1CSC[C@H](NC(=O)CCC[C@@H](O)CO)c1nc(C)no1. The average molecular weight is 666 g/mol. The van der Waals surface area contributed by atoms with E-state index in [9.17, 15) is 14.7 Å². The summed E-state index contributed by atoms with van der Waals surface area (Å²) in [7, 11) is -0.856. The molecular weight excluding hydrogens is 615 g/mol. The number of hydrogen-bond acceptors (Lipinski definition) is 11. The maximum absolute atomic E-state index is 13.5. The number of rotatable bonds is 19. The van der Waals surface area contributed by atoms with Gasteiger partial charge >= 0.3 is 5.97 Å². The Morgan fingerprint density at radius 2 is 1.93 bits per heavy atom. The van der Waals surface area contributed by atoms with Crippen LogP contribution in [0.25, 0.3) is 0 Å². The highest BCUT2D eigenvalue weighted by atomic mass is 32.2. The predicted molar refractivity (Wildman–Crippen MR) is 178 cm³/mol. The van der Waals surface area contributed by atoms with Crippen LogP contribution in [-0.4, -0.2) is 72.7 Å². The Balaban J connectivity index is 2.46. The van der Waals surface area contributed by atoms with Gasteiger partial charge in [-0.25, -0.2) is 4.79 Å². The number of aryl methyl sites for hydroxylation is 1. The normalized spacial score (nSPS) is 13.3. The van der Waals surface area contributed by atoms with Gasteiger partial charge in [0.05, 0.1) is 25.4 Å². The van der Waals surface area contributed by atoms with Crippen molar-refractivity contribution < 1.29 is 38.2 Å². The molecule has 13 heteroatoms. The van der Waals surface area contributed by atoms with Gasteiger partial charge in [-0.2, -0.15) is 16.7 Å². The monoisotopic (exact) mass is 665 g/mol. The number of benzene rings is 1. The van der Waals surface area contributed by atoms with Gasteiger partial charge in [-0.05, 0) is 50.7 Å². The molecule has 0 radical (unpaired) electrons. The number of carbonyl (C=O) groups excluding carboxylic acids is 2. The summed E-state index contributed by atoms with van der Waals surface area (Å²) >= 11 is 1.48. The van der Waals surface area contributed by atoms with E-state index >= 15 is 0 Å². The van der Waals surface area contributed by atoms with E-state index in [1.54, 1.807) is 14.0 Å². The van der Waals surface area contributed by atoms with Crippen molar-refractivity contribution >= 4 is 32.0 Å². The molecule has 2 rings (SSSR count). The van der Waals surface area contributed by atoms with E-state index in [-0.39, 0.29) is 36.5 Å². The average Bonchev–Trinajstić information content (AvgIpc) is 3.42. The molecule has 2 aromatic rings. The zero-order valence-electron chi connectivity index (χ0n) is 28.2. The second-order valence-corrected chi connectivity index (χ2v) is 18.0. The third kappa shape index (κ3) is 10.3. The van der Waals surface area contributed by atoms with E-state index in [4.69, 9.17) is 23.5 Å². The highest BCUT2D eigenvalue weighted by Gasteiger charge is 2.45. The minimum atomic E-state index is -2.42. The maximum Gasteiger partial charge on any atom is 0.339 e. The zero-order chi connectivity index (χ0) is 33.9. The van der Waals surface area contributed by atoms with Crippen LogP contribution < -0.4 is 14.5 Å². The summed E-state index contributed by atoms with van der Waals surface area (Å²) in [4.78, 5) is 30.6. The molecule has 252 valence electrons. The first kappa shape index (κ1) is 38.3. The first-order valence-electron chi connectivity index (χ1n) is 15.2. The van der Waals surface area contributed by atoms with Gasteiger partial charge in [0.1, 0.15) is 24.1 Å². The minimum Gasteiger partial charge on any atom is -0.543 e. The van der Waals surface area contributed by atoms with Crippen molar-refractivity contribution in [3.05, 3.63) is 47.1 Å². The van der Waals surface area contributed by atoms with Gasteiger partial charge in [0, 0.05) is 35.1 Å². The fraction of sp³-hybridized carbons (Fsp3) is 0.625. The van der Waals surface area contributed by atoms with Crippen LogP contribution in [0.2, 0.25) is 18.1 Å². The highest BCUT2D eigenvalue weighted by molar-refractivity contribution is 7.98. The lowest BCUT2D eigenvalue weighted by Gasteiger charge is -2.43. The Kier molecular flexibility index (Phi) is 14.6. The first-order valence-corrected chi connectivity index (χ1v) is 19.3. The van der Waals surface area contributed by atoms with E-state index < -0.39 is 26.4 Å². The number of carbonyl (C=O) groups is 2. The van der Waals surface area contributed by atoms with Gasteiger partial charge in [0.25, 0.3) is 8.32 Å². The smallest absolute Gasteiger partial charge is 0.339 e. The molecular formula is C32H51N3O8SSi. The molecule has 11 nitrogen and oxygen atoms in total. The summed E-state index contributed by atoms with van der Waals surface area (Å²) in [6.45, 7) is 20.0. The molecule has 0 aliphatic carbocycles. The number of aliphatic hydroxyl groups excluding tert-OH is 2. The molecule has 1 heterocycles. The van der Waals surface area contributed by atoms with Crippen molar-refractivity contribution in [3.63, 3.8) is 0 Å². The van der Waals surface area contributed by atoms with Crippen LogP contribution >= 0.6 is 11.8 Å². The lowest BCUT2D eigenvalue weighted by molar-refractivity contribution is -0.122. The standard InChI is InChI=1S/C32H51N3O8SSi/c1-11-15-41-31(39)29-21(4)26(40-8)16-27(43-45(9,10)32(6,7)20(2)3)24(29)18-44-19-25(30-33-22(5)35-42-30)34-28(38)14-12-13-23(37)17-36/h11,16,20,23,25,36-37H,1,12-15,17-19H2,2-10H3,(H,34,38)/t23-,25+/m1/s1. The predicted octanol–water partition coefficient (Wildman–Crippen LogP) is 5.67. The highest BCUT2D eigenvalue weighted by Crippen LogP contribution is 2.47. The van der Waals surface area contributed by atoms with Crippen LogP contribution in [0.5, 0.6) is 11.5 Å². The molecule has 0 unspecified atom stereocenters. The molecule has 0 bridgehead atoms.